The van der Waals surface area contributed by atoms with E-state index in [0.29, 0.717) is 36.4 Å². The lowest BCUT2D eigenvalue weighted by Gasteiger charge is -2.33. The van der Waals surface area contributed by atoms with Crippen LogP contribution in [0.2, 0.25) is 5.02 Å². The van der Waals surface area contributed by atoms with E-state index in [1.165, 1.54) is 6.20 Å². The zero-order valence-electron chi connectivity index (χ0n) is 10.3. The Balaban J connectivity index is 2.35. The molecule has 0 bridgehead atoms. The first-order valence-electron chi connectivity index (χ1n) is 6.12. The van der Waals surface area contributed by atoms with Crippen LogP contribution in [0.1, 0.15) is 51.3 Å². The number of nitrogens with two attached hydrogens (primary N) is 1. The molecule has 1 aliphatic carbocycles. The van der Waals surface area contributed by atoms with Crippen molar-refractivity contribution in [2.45, 2.75) is 57.3 Å². The standard InChI is InChI=1S/C12H19ClFN3/c1-8(2)17-11(10(13)7-16-17)12(14)5-3-9(15)4-6-12/h7-9H,3-6,15H2,1-2H3. The number of halogens is 2. The normalized spacial score (nSPS) is 29.9. The van der Waals surface area contributed by atoms with Crippen LogP contribution in [0.25, 0.3) is 0 Å². The largest absolute Gasteiger partial charge is 0.328 e. The van der Waals surface area contributed by atoms with E-state index in [9.17, 15) is 4.39 Å². The van der Waals surface area contributed by atoms with E-state index in [4.69, 9.17) is 17.3 Å². The zero-order chi connectivity index (χ0) is 12.6. The van der Waals surface area contributed by atoms with Gasteiger partial charge < -0.3 is 5.73 Å². The molecule has 1 aliphatic rings. The Labute approximate surface area is 106 Å². The Morgan fingerprint density at radius 3 is 2.65 bits per heavy atom. The molecule has 0 aromatic carbocycles. The number of alkyl halides is 1. The SMILES string of the molecule is CC(C)n1ncc(Cl)c1C1(F)CCC(N)CC1. The molecule has 0 aliphatic heterocycles. The van der Waals surface area contributed by atoms with E-state index in [-0.39, 0.29) is 12.1 Å². The molecule has 0 atom stereocenters. The Morgan fingerprint density at radius 2 is 2.12 bits per heavy atom. The van der Waals surface area contributed by atoms with Crippen molar-refractivity contribution < 1.29 is 4.39 Å². The van der Waals surface area contributed by atoms with Gasteiger partial charge in [-0.15, -0.1) is 0 Å². The minimum Gasteiger partial charge on any atom is -0.328 e. The molecule has 1 saturated carbocycles. The molecule has 0 unspecified atom stereocenters. The number of aromatic nitrogens is 2. The summed E-state index contributed by atoms with van der Waals surface area (Å²) in [5.41, 5.74) is 4.98. The fraction of sp³-hybridized carbons (Fsp3) is 0.750. The summed E-state index contributed by atoms with van der Waals surface area (Å²) in [7, 11) is 0. The molecule has 17 heavy (non-hydrogen) atoms. The number of rotatable bonds is 2. The lowest BCUT2D eigenvalue weighted by molar-refractivity contribution is 0.0856. The smallest absolute Gasteiger partial charge is 0.154 e. The molecular formula is C12H19ClFN3. The predicted molar refractivity (Wildman–Crippen MR) is 66.9 cm³/mol. The van der Waals surface area contributed by atoms with Crippen LogP contribution in [0.15, 0.2) is 6.20 Å². The van der Waals surface area contributed by atoms with E-state index in [1.54, 1.807) is 4.68 Å². The highest BCUT2D eigenvalue weighted by atomic mass is 35.5. The van der Waals surface area contributed by atoms with Crippen LogP contribution in [-0.2, 0) is 5.67 Å². The van der Waals surface area contributed by atoms with Crippen molar-refractivity contribution in [3.8, 4) is 0 Å². The van der Waals surface area contributed by atoms with Crippen LogP contribution in [0.3, 0.4) is 0 Å². The fourth-order valence-corrected chi connectivity index (χ4v) is 2.79. The van der Waals surface area contributed by atoms with Crippen molar-refractivity contribution in [3.05, 3.63) is 16.9 Å². The number of hydrogen-bond donors (Lipinski definition) is 1. The van der Waals surface area contributed by atoms with Crippen molar-refractivity contribution in [3.63, 3.8) is 0 Å². The maximum Gasteiger partial charge on any atom is 0.154 e. The molecule has 0 amide bonds. The van der Waals surface area contributed by atoms with Gasteiger partial charge in [0, 0.05) is 12.1 Å². The highest BCUT2D eigenvalue weighted by Gasteiger charge is 2.40. The second-order valence-corrected chi connectivity index (χ2v) is 5.59. The van der Waals surface area contributed by atoms with Crippen LogP contribution in [0.5, 0.6) is 0 Å². The first kappa shape index (κ1) is 12.8. The van der Waals surface area contributed by atoms with E-state index < -0.39 is 5.67 Å². The summed E-state index contributed by atoms with van der Waals surface area (Å²) >= 11 is 6.09. The average molecular weight is 260 g/mol. The van der Waals surface area contributed by atoms with E-state index in [0.717, 1.165) is 0 Å². The molecule has 1 aromatic heterocycles. The van der Waals surface area contributed by atoms with Gasteiger partial charge in [0.2, 0.25) is 0 Å². The molecule has 96 valence electrons. The van der Waals surface area contributed by atoms with Crippen LogP contribution in [0.4, 0.5) is 4.39 Å². The molecule has 0 saturated heterocycles. The maximum atomic E-state index is 15.0. The van der Waals surface area contributed by atoms with Crippen LogP contribution < -0.4 is 5.73 Å². The Morgan fingerprint density at radius 1 is 1.53 bits per heavy atom. The number of nitrogens with zero attached hydrogens (tertiary/aromatic N) is 2. The summed E-state index contributed by atoms with van der Waals surface area (Å²) in [6, 6.07) is 0.230. The fourth-order valence-electron chi connectivity index (χ4n) is 2.49. The third kappa shape index (κ3) is 2.33. The third-order valence-electron chi connectivity index (χ3n) is 3.49. The van der Waals surface area contributed by atoms with Gasteiger partial charge >= 0.3 is 0 Å². The van der Waals surface area contributed by atoms with Crippen molar-refractivity contribution in [1.82, 2.24) is 9.78 Å². The minimum absolute atomic E-state index is 0.112. The van der Waals surface area contributed by atoms with Gasteiger partial charge in [0.05, 0.1) is 16.9 Å². The van der Waals surface area contributed by atoms with Crippen molar-refractivity contribution in [2.24, 2.45) is 5.73 Å². The van der Waals surface area contributed by atoms with Gasteiger partial charge in [-0.3, -0.25) is 4.68 Å². The van der Waals surface area contributed by atoms with Crippen molar-refractivity contribution in [2.75, 3.05) is 0 Å². The monoisotopic (exact) mass is 259 g/mol. The second-order valence-electron chi connectivity index (χ2n) is 5.18. The van der Waals surface area contributed by atoms with Gasteiger partial charge in [0.1, 0.15) is 0 Å². The summed E-state index contributed by atoms with van der Waals surface area (Å²) in [6.45, 7) is 3.95. The molecule has 1 fully saturated rings. The number of hydrogen-bond acceptors (Lipinski definition) is 2. The van der Waals surface area contributed by atoms with Crippen LogP contribution in [0, 0.1) is 0 Å². The minimum atomic E-state index is -1.37. The van der Waals surface area contributed by atoms with Gasteiger partial charge in [-0.05, 0) is 39.5 Å². The molecule has 5 heteroatoms. The molecule has 1 heterocycles. The molecule has 1 aromatic rings. The predicted octanol–water partition coefficient (Wildman–Crippen LogP) is 3.18. The lowest BCUT2D eigenvalue weighted by atomic mass is 9.81. The van der Waals surface area contributed by atoms with E-state index in [2.05, 4.69) is 5.10 Å². The Kier molecular flexibility index (Phi) is 3.46. The topological polar surface area (TPSA) is 43.8 Å². The molecule has 0 radical (unpaired) electrons. The maximum absolute atomic E-state index is 15.0. The molecule has 2 N–H and O–H groups in total. The van der Waals surface area contributed by atoms with Gasteiger partial charge in [-0.2, -0.15) is 5.10 Å². The average Bonchev–Trinajstić information content (AvgIpc) is 2.66. The second kappa shape index (κ2) is 4.58. The van der Waals surface area contributed by atoms with E-state index in [1.807, 2.05) is 13.8 Å². The zero-order valence-corrected chi connectivity index (χ0v) is 11.0. The van der Waals surface area contributed by atoms with Crippen LogP contribution in [-0.4, -0.2) is 15.8 Å². The van der Waals surface area contributed by atoms with Crippen molar-refractivity contribution in [1.29, 1.82) is 0 Å². The highest BCUT2D eigenvalue weighted by Crippen LogP contribution is 2.43. The summed E-state index contributed by atoms with van der Waals surface area (Å²) < 4.78 is 16.7. The third-order valence-corrected chi connectivity index (χ3v) is 3.76. The Bertz CT molecular complexity index is 394. The first-order valence-corrected chi connectivity index (χ1v) is 6.50. The van der Waals surface area contributed by atoms with Crippen molar-refractivity contribution >= 4 is 11.6 Å². The van der Waals surface area contributed by atoms with Gasteiger partial charge in [0.15, 0.2) is 5.67 Å². The summed E-state index contributed by atoms with van der Waals surface area (Å²) in [5.74, 6) is 0. The summed E-state index contributed by atoms with van der Waals surface area (Å²) in [5, 5.41) is 4.60. The molecule has 0 spiro atoms. The molecule has 3 nitrogen and oxygen atoms in total. The van der Waals surface area contributed by atoms with Gasteiger partial charge in [0.25, 0.3) is 0 Å². The van der Waals surface area contributed by atoms with Crippen LogP contribution >= 0.6 is 11.6 Å². The molecule has 2 rings (SSSR count). The quantitative estimate of drug-likeness (QED) is 0.887. The van der Waals surface area contributed by atoms with Gasteiger partial charge in [-0.25, -0.2) is 4.39 Å². The lowest BCUT2D eigenvalue weighted by Crippen LogP contribution is -2.36. The Hall–Kier alpha value is -0.610. The summed E-state index contributed by atoms with van der Waals surface area (Å²) in [6.07, 6.45) is 3.82. The van der Waals surface area contributed by atoms with E-state index >= 15 is 0 Å². The molecular weight excluding hydrogens is 241 g/mol. The highest BCUT2D eigenvalue weighted by molar-refractivity contribution is 6.31. The van der Waals surface area contributed by atoms with Gasteiger partial charge in [-0.1, -0.05) is 11.6 Å². The summed E-state index contributed by atoms with van der Waals surface area (Å²) in [4.78, 5) is 0. The first-order chi connectivity index (χ1) is 7.94.